The number of β-amino-alcohol motifs (C(OH)–C–C–N with tert-alkyl or cyclic N) is 1. The smallest absolute Gasteiger partial charge is 0.410 e. The molecule has 1 aliphatic heterocycles. The topological polar surface area (TPSA) is 88.1 Å². The molecule has 144 valence electrons. The van der Waals surface area contributed by atoms with Gasteiger partial charge in [-0.15, -0.1) is 0 Å². The average Bonchev–Trinajstić information content (AvgIpc) is 2.86. The molecule has 1 aliphatic rings. The van der Waals surface area contributed by atoms with E-state index in [4.69, 9.17) is 9.47 Å². The number of rotatable bonds is 4. The van der Waals surface area contributed by atoms with Crippen molar-refractivity contribution in [2.45, 2.75) is 46.0 Å². The van der Waals surface area contributed by atoms with Gasteiger partial charge in [-0.25, -0.2) is 9.59 Å². The molecule has 0 bridgehead atoms. The van der Waals surface area contributed by atoms with Gasteiger partial charge in [-0.1, -0.05) is 37.3 Å². The van der Waals surface area contributed by atoms with Crippen LogP contribution in [0.1, 0.15) is 33.3 Å². The Morgan fingerprint density at radius 1 is 1.31 bits per heavy atom. The van der Waals surface area contributed by atoms with Crippen LogP contribution in [0, 0.1) is 5.41 Å². The summed E-state index contributed by atoms with van der Waals surface area (Å²) in [6.07, 6.45) is -1.78. The Morgan fingerprint density at radius 2 is 1.96 bits per heavy atom. The molecule has 7 nitrogen and oxygen atoms in total. The molecule has 0 aromatic heterocycles. The Kier molecular flexibility index (Phi) is 6.13. The van der Waals surface area contributed by atoms with Gasteiger partial charge in [0.2, 0.25) is 0 Å². The molecule has 2 amide bonds. The molecular weight excluding hydrogens is 336 g/mol. The molecule has 2 atom stereocenters. The van der Waals surface area contributed by atoms with Gasteiger partial charge in [-0.2, -0.15) is 0 Å². The zero-order valence-corrected chi connectivity index (χ0v) is 15.8. The molecule has 2 N–H and O–H groups in total. The number of nitrogens with zero attached hydrogens (tertiary/aromatic N) is 1. The number of ether oxygens (including phenoxy) is 2. The molecular formula is C19H28N2O5. The van der Waals surface area contributed by atoms with E-state index in [1.165, 1.54) is 4.90 Å². The number of nitrogens with one attached hydrogen (secondary N) is 1. The van der Waals surface area contributed by atoms with Crippen LogP contribution < -0.4 is 5.32 Å². The van der Waals surface area contributed by atoms with E-state index in [1.54, 1.807) is 20.8 Å². The SMILES string of the molecule is CC(C)(C)OC(=O)N1CC(O)C(C)(CNC(=O)OCc2ccccc2)C1. The largest absolute Gasteiger partial charge is 0.445 e. The molecule has 1 aromatic rings. The minimum absolute atomic E-state index is 0.173. The third-order valence-corrected chi connectivity index (χ3v) is 4.25. The Balaban J connectivity index is 1.82. The second-order valence-corrected chi connectivity index (χ2v) is 7.95. The summed E-state index contributed by atoms with van der Waals surface area (Å²) in [7, 11) is 0. The summed E-state index contributed by atoms with van der Waals surface area (Å²) in [5.41, 5.74) is -0.366. The number of amides is 2. The van der Waals surface area contributed by atoms with Crippen molar-refractivity contribution in [1.29, 1.82) is 0 Å². The fourth-order valence-electron chi connectivity index (χ4n) is 2.72. The van der Waals surface area contributed by atoms with Crippen LogP contribution in [-0.2, 0) is 16.1 Å². The highest BCUT2D eigenvalue weighted by Crippen LogP contribution is 2.30. The Labute approximate surface area is 154 Å². The van der Waals surface area contributed by atoms with E-state index >= 15 is 0 Å². The van der Waals surface area contributed by atoms with Crippen LogP contribution in [0.5, 0.6) is 0 Å². The van der Waals surface area contributed by atoms with E-state index in [1.807, 2.05) is 37.3 Å². The predicted molar refractivity (Wildman–Crippen MR) is 96.6 cm³/mol. The zero-order chi connectivity index (χ0) is 19.4. The first kappa shape index (κ1) is 20.0. The zero-order valence-electron chi connectivity index (χ0n) is 15.8. The fourth-order valence-corrected chi connectivity index (χ4v) is 2.72. The molecule has 0 radical (unpaired) electrons. The highest BCUT2D eigenvalue weighted by atomic mass is 16.6. The van der Waals surface area contributed by atoms with Gasteiger partial charge in [0.05, 0.1) is 12.6 Å². The lowest BCUT2D eigenvalue weighted by atomic mass is 9.87. The van der Waals surface area contributed by atoms with Gasteiger partial charge < -0.3 is 24.8 Å². The number of carbonyl (C=O) groups is 2. The minimum Gasteiger partial charge on any atom is -0.445 e. The maximum atomic E-state index is 12.2. The summed E-state index contributed by atoms with van der Waals surface area (Å²) in [4.78, 5) is 25.5. The molecule has 26 heavy (non-hydrogen) atoms. The first-order valence-corrected chi connectivity index (χ1v) is 8.70. The molecule has 0 aliphatic carbocycles. The molecule has 7 heteroatoms. The molecule has 2 unspecified atom stereocenters. The van der Waals surface area contributed by atoms with Crippen molar-refractivity contribution in [3.8, 4) is 0 Å². The lowest BCUT2D eigenvalue weighted by Crippen LogP contribution is -2.43. The van der Waals surface area contributed by atoms with Crippen molar-refractivity contribution in [1.82, 2.24) is 10.2 Å². The van der Waals surface area contributed by atoms with E-state index in [2.05, 4.69) is 5.32 Å². The van der Waals surface area contributed by atoms with E-state index in [0.29, 0.717) is 6.54 Å². The average molecular weight is 364 g/mol. The molecule has 1 fully saturated rings. The van der Waals surface area contributed by atoms with Crippen LogP contribution in [-0.4, -0.2) is 53.5 Å². The summed E-state index contributed by atoms with van der Waals surface area (Å²) < 4.78 is 10.5. The van der Waals surface area contributed by atoms with Gasteiger partial charge in [-0.05, 0) is 26.3 Å². The quantitative estimate of drug-likeness (QED) is 0.857. The van der Waals surface area contributed by atoms with Gasteiger partial charge >= 0.3 is 12.2 Å². The standard InChI is InChI=1S/C19H28N2O5/c1-18(2,3)26-17(24)21-10-15(22)19(4,13-21)12-20-16(23)25-11-14-8-6-5-7-9-14/h5-9,15,22H,10-13H2,1-4H3,(H,20,23). The molecule has 0 spiro atoms. The summed E-state index contributed by atoms with van der Waals surface area (Å²) in [6, 6.07) is 9.37. The highest BCUT2D eigenvalue weighted by Gasteiger charge is 2.45. The van der Waals surface area contributed by atoms with E-state index in [0.717, 1.165) is 5.56 Å². The number of hydrogen-bond donors (Lipinski definition) is 2. The van der Waals surface area contributed by atoms with Crippen molar-refractivity contribution >= 4 is 12.2 Å². The van der Waals surface area contributed by atoms with Crippen molar-refractivity contribution in [2.24, 2.45) is 5.41 Å². The predicted octanol–water partition coefficient (Wildman–Crippen LogP) is 2.53. The second kappa shape index (κ2) is 7.95. The number of benzene rings is 1. The first-order valence-electron chi connectivity index (χ1n) is 8.70. The summed E-state index contributed by atoms with van der Waals surface area (Å²) in [5.74, 6) is 0. The number of alkyl carbamates (subject to hydrolysis) is 1. The van der Waals surface area contributed by atoms with Crippen LogP contribution in [0.3, 0.4) is 0 Å². The van der Waals surface area contributed by atoms with Gasteiger partial charge in [0.1, 0.15) is 12.2 Å². The highest BCUT2D eigenvalue weighted by molar-refractivity contribution is 5.69. The fraction of sp³-hybridized carbons (Fsp3) is 0.579. The molecule has 0 saturated carbocycles. The van der Waals surface area contributed by atoms with Gasteiger partial charge in [0.15, 0.2) is 0 Å². The van der Waals surface area contributed by atoms with Crippen LogP contribution in [0.4, 0.5) is 9.59 Å². The lowest BCUT2D eigenvalue weighted by molar-refractivity contribution is 0.0268. The number of likely N-dealkylation sites (tertiary alicyclic amines) is 1. The van der Waals surface area contributed by atoms with E-state index in [-0.39, 0.29) is 19.7 Å². The van der Waals surface area contributed by atoms with Crippen molar-refractivity contribution < 1.29 is 24.2 Å². The van der Waals surface area contributed by atoms with E-state index < -0.39 is 29.3 Å². The Hall–Kier alpha value is -2.28. The van der Waals surface area contributed by atoms with Crippen molar-refractivity contribution in [2.75, 3.05) is 19.6 Å². The summed E-state index contributed by atoms with van der Waals surface area (Å²) in [6.45, 7) is 8.04. The van der Waals surface area contributed by atoms with Gasteiger partial charge in [-0.3, -0.25) is 0 Å². The number of hydrogen-bond acceptors (Lipinski definition) is 5. The minimum atomic E-state index is -0.760. The third-order valence-electron chi connectivity index (χ3n) is 4.25. The van der Waals surface area contributed by atoms with E-state index in [9.17, 15) is 14.7 Å². The maximum absolute atomic E-state index is 12.2. The Bertz CT molecular complexity index is 629. The van der Waals surface area contributed by atoms with Gasteiger partial charge in [0.25, 0.3) is 0 Å². The normalized spacial score (nSPS) is 22.8. The Morgan fingerprint density at radius 3 is 2.58 bits per heavy atom. The maximum Gasteiger partial charge on any atom is 0.410 e. The van der Waals surface area contributed by atoms with Crippen LogP contribution in [0.2, 0.25) is 0 Å². The van der Waals surface area contributed by atoms with Crippen molar-refractivity contribution in [3.05, 3.63) is 35.9 Å². The monoisotopic (exact) mass is 364 g/mol. The first-order chi connectivity index (χ1) is 12.1. The second-order valence-electron chi connectivity index (χ2n) is 7.95. The lowest BCUT2D eigenvalue weighted by Gasteiger charge is -2.28. The summed E-state index contributed by atoms with van der Waals surface area (Å²) in [5, 5.41) is 13.0. The number of aliphatic hydroxyl groups excluding tert-OH is 1. The molecule has 1 heterocycles. The number of aliphatic hydroxyl groups is 1. The third kappa shape index (κ3) is 5.62. The van der Waals surface area contributed by atoms with Crippen LogP contribution in [0.25, 0.3) is 0 Å². The van der Waals surface area contributed by atoms with Gasteiger partial charge in [0, 0.05) is 18.5 Å². The number of carbonyl (C=O) groups excluding carboxylic acids is 2. The molecule has 1 aromatic carbocycles. The van der Waals surface area contributed by atoms with Crippen LogP contribution >= 0.6 is 0 Å². The molecule has 1 saturated heterocycles. The van der Waals surface area contributed by atoms with Crippen LogP contribution in [0.15, 0.2) is 30.3 Å². The summed E-state index contributed by atoms with van der Waals surface area (Å²) >= 11 is 0. The molecule has 2 rings (SSSR count). The van der Waals surface area contributed by atoms with Crippen molar-refractivity contribution in [3.63, 3.8) is 0 Å².